The maximum absolute atomic E-state index is 11.9. The molecule has 5 nitrogen and oxygen atoms in total. The van der Waals surface area contributed by atoms with Crippen molar-refractivity contribution in [1.29, 1.82) is 0 Å². The second-order valence-corrected chi connectivity index (χ2v) is 4.63. The van der Waals surface area contributed by atoms with Gasteiger partial charge in [-0.15, -0.1) is 0 Å². The van der Waals surface area contributed by atoms with Crippen LogP contribution in [0.2, 0.25) is 0 Å². The Morgan fingerprint density at radius 1 is 1.59 bits per heavy atom. The zero-order valence-electron chi connectivity index (χ0n) is 9.86. The van der Waals surface area contributed by atoms with Gasteiger partial charge in [0.05, 0.1) is 25.1 Å². The van der Waals surface area contributed by atoms with Gasteiger partial charge >= 0.3 is 5.97 Å². The molecule has 1 aromatic heterocycles. The quantitative estimate of drug-likeness (QED) is 0.803. The molecular weight excluding hydrogens is 222 g/mol. The maximum Gasteiger partial charge on any atom is 0.307 e. The third-order valence-electron chi connectivity index (χ3n) is 2.92. The van der Waals surface area contributed by atoms with E-state index in [2.05, 4.69) is 5.32 Å². The van der Waals surface area contributed by atoms with Crippen LogP contribution in [-0.4, -0.2) is 17.5 Å². The molecule has 1 saturated heterocycles. The largest absolute Gasteiger partial charge is 0.467 e. The molecular formula is C12H15NO4. The first-order chi connectivity index (χ1) is 7.99. The van der Waals surface area contributed by atoms with Gasteiger partial charge in [-0.05, 0) is 26.0 Å². The zero-order chi connectivity index (χ0) is 12.5. The molecule has 0 aromatic carbocycles. The van der Waals surface area contributed by atoms with Gasteiger partial charge in [0.25, 0.3) is 0 Å². The SMILES string of the molecule is CC1(C)OC(=O)C[C@H]1C(=O)NCc1ccco1. The van der Waals surface area contributed by atoms with E-state index in [4.69, 9.17) is 9.15 Å². The average Bonchev–Trinajstić information content (AvgIpc) is 2.82. The first-order valence-corrected chi connectivity index (χ1v) is 5.51. The third-order valence-corrected chi connectivity index (χ3v) is 2.92. The van der Waals surface area contributed by atoms with E-state index in [1.165, 1.54) is 0 Å². The molecule has 0 aliphatic carbocycles. The number of carbonyl (C=O) groups excluding carboxylic acids is 2. The monoisotopic (exact) mass is 237 g/mol. The molecule has 0 spiro atoms. The van der Waals surface area contributed by atoms with Crippen molar-refractivity contribution in [2.75, 3.05) is 0 Å². The van der Waals surface area contributed by atoms with Crippen LogP contribution in [0.4, 0.5) is 0 Å². The van der Waals surface area contributed by atoms with Crippen molar-refractivity contribution < 1.29 is 18.7 Å². The average molecular weight is 237 g/mol. The number of ether oxygens (including phenoxy) is 1. The fraction of sp³-hybridized carbons (Fsp3) is 0.500. The van der Waals surface area contributed by atoms with Gasteiger partial charge in [-0.2, -0.15) is 0 Å². The molecule has 0 saturated carbocycles. The molecule has 1 amide bonds. The Morgan fingerprint density at radius 2 is 2.35 bits per heavy atom. The van der Waals surface area contributed by atoms with Crippen LogP contribution in [0, 0.1) is 5.92 Å². The summed E-state index contributed by atoms with van der Waals surface area (Å²) in [6.07, 6.45) is 1.69. The molecule has 1 N–H and O–H groups in total. The summed E-state index contributed by atoms with van der Waals surface area (Å²) < 4.78 is 10.2. The molecule has 2 heterocycles. The van der Waals surface area contributed by atoms with Crippen LogP contribution in [0.25, 0.3) is 0 Å². The normalized spacial score (nSPS) is 22.2. The summed E-state index contributed by atoms with van der Waals surface area (Å²) in [6, 6.07) is 3.54. The number of esters is 1. The molecule has 0 bridgehead atoms. The number of nitrogens with one attached hydrogen (secondary N) is 1. The van der Waals surface area contributed by atoms with Crippen molar-refractivity contribution in [3.8, 4) is 0 Å². The Kier molecular flexibility index (Phi) is 2.92. The van der Waals surface area contributed by atoms with Crippen molar-refractivity contribution >= 4 is 11.9 Å². The minimum atomic E-state index is -0.732. The lowest BCUT2D eigenvalue weighted by Gasteiger charge is -2.23. The van der Waals surface area contributed by atoms with Crippen LogP contribution >= 0.6 is 0 Å². The number of carbonyl (C=O) groups is 2. The Balaban J connectivity index is 1.94. The summed E-state index contributed by atoms with van der Waals surface area (Å²) in [6.45, 7) is 3.82. The first kappa shape index (κ1) is 11.7. The maximum atomic E-state index is 11.9. The van der Waals surface area contributed by atoms with E-state index in [0.29, 0.717) is 12.3 Å². The summed E-state index contributed by atoms with van der Waals surface area (Å²) in [4.78, 5) is 23.1. The number of furan rings is 1. The second kappa shape index (κ2) is 4.24. The lowest BCUT2D eigenvalue weighted by Crippen LogP contribution is -2.40. The Hall–Kier alpha value is -1.78. The Labute approximate surface area is 99.1 Å². The standard InChI is InChI=1S/C12H15NO4/c1-12(2)9(6-10(14)17-12)11(15)13-7-8-4-3-5-16-8/h3-5,9H,6-7H2,1-2H3,(H,13,15)/t9-/m0/s1. The summed E-state index contributed by atoms with van der Waals surface area (Å²) in [5.74, 6) is -0.267. The van der Waals surface area contributed by atoms with Gasteiger partial charge in [-0.1, -0.05) is 0 Å². The highest BCUT2D eigenvalue weighted by Crippen LogP contribution is 2.32. The lowest BCUT2D eigenvalue weighted by atomic mass is 9.90. The van der Waals surface area contributed by atoms with Crippen molar-refractivity contribution in [2.45, 2.75) is 32.4 Å². The molecule has 1 fully saturated rings. The molecule has 1 aliphatic rings. The molecule has 1 aromatic rings. The Bertz CT molecular complexity index is 422. The van der Waals surface area contributed by atoms with E-state index in [9.17, 15) is 9.59 Å². The van der Waals surface area contributed by atoms with Crippen LogP contribution < -0.4 is 5.32 Å². The number of hydrogen-bond acceptors (Lipinski definition) is 4. The van der Waals surface area contributed by atoms with Crippen LogP contribution in [0.1, 0.15) is 26.0 Å². The number of cyclic esters (lactones) is 1. The van der Waals surface area contributed by atoms with Crippen LogP contribution in [0.15, 0.2) is 22.8 Å². The fourth-order valence-corrected chi connectivity index (χ4v) is 1.94. The summed E-state index contributed by atoms with van der Waals surface area (Å²) >= 11 is 0. The minimum absolute atomic E-state index is 0.136. The van der Waals surface area contributed by atoms with Crippen molar-refractivity contribution in [1.82, 2.24) is 5.32 Å². The highest BCUT2D eigenvalue weighted by Gasteiger charge is 2.45. The van der Waals surface area contributed by atoms with E-state index in [0.717, 1.165) is 0 Å². The molecule has 92 valence electrons. The summed E-state index contributed by atoms with van der Waals surface area (Å²) in [7, 11) is 0. The van der Waals surface area contributed by atoms with Crippen molar-refractivity contribution in [2.24, 2.45) is 5.92 Å². The van der Waals surface area contributed by atoms with E-state index < -0.39 is 11.5 Å². The molecule has 17 heavy (non-hydrogen) atoms. The van der Waals surface area contributed by atoms with Gasteiger partial charge in [0.2, 0.25) is 5.91 Å². The number of amides is 1. The van der Waals surface area contributed by atoms with Crippen molar-refractivity contribution in [3.05, 3.63) is 24.2 Å². The van der Waals surface area contributed by atoms with E-state index >= 15 is 0 Å². The minimum Gasteiger partial charge on any atom is -0.467 e. The highest BCUT2D eigenvalue weighted by atomic mass is 16.6. The number of rotatable bonds is 3. The molecule has 1 aliphatic heterocycles. The van der Waals surface area contributed by atoms with Crippen LogP contribution in [-0.2, 0) is 20.9 Å². The zero-order valence-corrected chi connectivity index (χ0v) is 9.86. The van der Waals surface area contributed by atoms with Crippen molar-refractivity contribution in [3.63, 3.8) is 0 Å². The molecule has 0 unspecified atom stereocenters. The van der Waals surface area contributed by atoms with E-state index in [1.807, 2.05) is 0 Å². The predicted octanol–water partition coefficient (Wildman–Crippen LogP) is 1.24. The van der Waals surface area contributed by atoms with Gasteiger partial charge in [-0.3, -0.25) is 9.59 Å². The summed E-state index contributed by atoms with van der Waals surface area (Å²) in [5, 5.41) is 2.74. The molecule has 1 atom stereocenters. The summed E-state index contributed by atoms with van der Waals surface area (Å²) in [5.41, 5.74) is -0.732. The third kappa shape index (κ3) is 2.49. The first-order valence-electron chi connectivity index (χ1n) is 5.51. The number of hydrogen-bond donors (Lipinski definition) is 1. The topological polar surface area (TPSA) is 68.5 Å². The molecule has 5 heteroatoms. The van der Waals surface area contributed by atoms with Gasteiger partial charge in [-0.25, -0.2) is 0 Å². The smallest absolute Gasteiger partial charge is 0.307 e. The lowest BCUT2D eigenvalue weighted by molar-refractivity contribution is -0.147. The predicted molar refractivity (Wildman–Crippen MR) is 58.8 cm³/mol. The van der Waals surface area contributed by atoms with Crippen LogP contribution in [0.3, 0.4) is 0 Å². The van der Waals surface area contributed by atoms with Gasteiger partial charge < -0.3 is 14.5 Å². The van der Waals surface area contributed by atoms with Gasteiger partial charge in [0.15, 0.2) is 0 Å². The Morgan fingerprint density at radius 3 is 2.88 bits per heavy atom. The van der Waals surface area contributed by atoms with Gasteiger partial charge in [0.1, 0.15) is 11.4 Å². The highest BCUT2D eigenvalue weighted by molar-refractivity contribution is 5.87. The second-order valence-electron chi connectivity index (χ2n) is 4.63. The van der Waals surface area contributed by atoms with E-state index in [-0.39, 0.29) is 18.3 Å². The fourth-order valence-electron chi connectivity index (χ4n) is 1.94. The van der Waals surface area contributed by atoms with Gasteiger partial charge in [0, 0.05) is 0 Å². The van der Waals surface area contributed by atoms with Crippen LogP contribution in [0.5, 0.6) is 0 Å². The molecule has 2 rings (SSSR count). The van der Waals surface area contributed by atoms with E-state index in [1.54, 1.807) is 32.2 Å². The molecule has 0 radical (unpaired) electrons.